The smallest absolute Gasteiger partial charge is 0.273 e. The number of amides is 1. The first kappa shape index (κ1) is 19.1. The summed E-state index contributed by atoms with van der Waals surface area (Å²) in [6.45, 7) is 1.03. The van der Waals surface area contributed by atoms with Gasteiger partial charge in [-0.2, -0.15) is 0 Å². The Morgan fingerprint density at radius 2 is 1.93 bits per heavy atom. The lowest BCUT2D eigenvalue weighted by atomic mass is 9.97. The van der Waals surface area contributed by atoms with Crippen molar-refractivity contribution in [2.24, 2.45) is 5.92 Å². The van der Waals surface area contributed by atoms with Crippen LogP contribution in [0.3, 0.4) is 0 Å². The van der Waals surface area contributed by atoms with Crippen LogP contribution in [0, 0.1) is 5.92 Å². The number of piperidine rings is 1. The molecule has 1 aliphatic carbocycles. The van der Waals surface area contributed by atoms with Crippen LogP contribution in [0.25, 0.3) is 0 Å². The Morgan fingerprint density at radius 1 is 1.17 bits per heavy atom. The summed E-state index contributed by atoms with van der Waals surface area (Å²) < 4.78 is 6.13. The number of carbonyl (C=O) groups is 1. The van der Waals surface area contributed by atoms with Crippen LogP contribution >= 0.6 is 11.3 Å². The van der Waals surface area contributed by atoms with Gasteiger partial charge in [-0.05, 0) is 50.5 Å². The molecule has 1 aromatic heterocycles. The molecule has 2 aromatic rings. The summed E-state index contributed by atoms with van der Waals surface area (Å²) in [5.74, 6) is 0.480. The van der Waals surface area contributed by atoms with Gasteiger partial charge in [-0.1, -0.05) is 41.7 Å². The Morgan fingerprint density at radius 3 is 2.59 bits per heavy atom. The Hall–Kier alpha value is -1.92. The molecule has 3 aliphatic rings. The Balaban J connectivity index is 1.20. The molecule has 3 unspecified atom stereocenters. The molecule has 2 saturated heterocycles. The minimum Gasteiger partial charge on any atom is -0.467 e. The number of hydrogen-bond donors (Lipinski definition) is 1. The molecule has 1 amide bonds. The number of thiazole rings is 1. The topological polar surface area (TPSA) is 54.5 Å². The molecule has 6 heteroatoms. The van der Waals surface area contributed by atoms with Gasteiger partial charge >= 0.3 is 0 Å². The summed E-state index contributed by atoms with van der Waals surface area (Å²) in [5.41, 5.74) is 1.22. The van der Waals surface area contributed by atoms with Gasteiger partial charge in [0.1, 0.15) is 6.10 Å². The highest BCUT2D eigenvalue weighted by atomic mass is 32.1. The lowest BCUT2D eigenvalue weighted by molar-refractivity contribution is -0.123. The predicted octanol–water partition coefficient (Wildman–Crippen LogP) is 4.17. The standard InChI is InChI=1S/C23H29N3O2S/c27-22(17-6-7-17)25-21(16-4-2-1-3-5-16)10-12-26-18-8-9-19(26)15-20(14-18)28-23-24-11-13-29-23/h1-5,11,13,17-21H,6-10,12,14-15H2,(H,25,27). The number of hydrogen-bond acceptors (Lipinski definition) is 5. The molecule has 3 atom stereocenters. The third kappa shape index (κ3) is 4.48. The highest BCUT2D eigenvalue weighted by Crippen LogP contribution is 2.38. The summed E-state index contributed by atoms with van der Waals surface area (Å²) in [6.07, 6.45) is 9.83. The van der Waals surface area contributed by atoms with Crippen molar-refractivity contribution in [1.82, 2.24) is 15.2 Å². The van der Waals surface area contributed by atoms with E-state index in [-0.39, 0.29) is 24.0 Å². The Bertz CT molecular complexity index is 795. The summed E-state index contributed by atoms with van der Waals surface area (Å²) in [6, 6.07) is 11.7. The van der Waals surface area contributed by atoms with Crippen molar-refractivity contribution in [3.63, 3.8) is 0 Å². The lowest BCUT2D eigenvalue weighted by Gasteiger charge is -2.39. The molecular formula is C23H29N3O2S. The monoisotopic (exact) mass is 411 g/mol. The summed E-state index contributed by atoms with van der Waals surface area (Å²) in [5, 5.41) is 6.10. The number of nitrogens with one attached hydrogen (secondary N) is 1. The van der Waals surface area contributed by atoms with E-state index in [0.29, 0.717) is 12.1 Å². The van der Waals surface area contributed by atoms with E-state index < -0.39 is 0 Å². The minimum atomic E-state index is 0.105. The van der Waals surface area contributed by atoms with Gasteiger partial charge in [0, 0.05) is 36.1 Å². The molecule has 1 saturated carbocycles. The van der Waals surface area contributed by atoms with Gasteiger partial charge in [0.15, 0.2) is 0 Å². The summed E-state index contributed by atoms with van der Waals surface area (Å²) >= 11 is 1.58. The quantitative estimate of drug-likeness (QED) is 0.708. The van der Waals surface area contributed by atoms with Gasteiger partial charge < -0.3 is 10.1 Å². The van der Waals surface area contributed by atoms with Gasteiger partial charge in [-0.15, -0.1) is 0 Å². The molecule has 154 valence electrons. The number of rotatable bonds is 8. The van der Waals surface area contributed by atoms with Crippen LogP contribution in [0.2, 0.25) is 0 Å². The fourth-order valence-corrected chi connectivity index (χ4v) is 5.57. The van der Waals surface area contributed by atoms with E-state index in [4.69, 9.17) is 4.74 Å². The van der Waals surface area contributed by atoms with Crippen LogP contribution < -0.4 is 10.1 Å². The largest absolute Gasteiger partial charge is 0.467 e. The molecule has 1 N–H and O–H groups in total. The van der Waals surface area contributed by atoms with Gasteiger partial charge in [0.05, 0.1) is 6.04 Å². The average Bonchev–Trinajstić information content (AvgIpc) is 3.42. The first-order valence-corrected chi connectivity index (χ1v) is 11.8. The van der Waals surface area contributed by atoms with Gasteiger partial charge in [0.25, 0.3) is 5.19 Å². The first-order chi connectivity index (χ1) is 14.3. The molecule has 2 bridgehead atoms. The van der Waals surface area contributed by atoms with E-state index in [9.17, 15) is 4.79 Å². The van der Waals surface area contributed by atoms with E-state index >= 15 is 0 Å². The van der Waals surface area contributed by atoms with Crippen LogP contribution in [-0.2, 0) is 4.79 Å². The van der Waals surface area contributed by atoms with Crippen molar-refractivity contribution in [3.8, 4) is 5.19 Å². The van der Waals surface area contributed by atoms with Crippen molar-refractivity contribution < 1.29 is 9.53 Å². The zero-order chi connectivity index (χ0) is 19.6. The SMILES string of the molecule is O=C(NC(CCN1C2CCC1CC(Oc1nccs1)C2)c1ccccc1)C1CC1. The number of fused-ring (bicyclic) bond motifs is 2. The van der Waals surface area contributed by atoms with Crippen LogP contribution in [0.5, 0.6) is 5.19 Å². The minimum absolute atomic E-state index is 0.105. The average molecular weight is 412 g/mol. The molecule has 0 radical (unpaired) electrons. The molecule has 0 spiro atoms. The van der Waals surface area contributed by atoms with Crippen molar-refractivity contribution >= 4 is 17.2 Å². The second-order valence-corrected chi connectivity index (χ2v) is 9.52. The molecule has 5 rings (SSSR count). The number of aromatic nitrogens is 1. The van der Waals surface area contributed by atoms with Gasteiger partial charge in [0.2, 0.25) is 5.91 Å². The lowest BCUT2D eigenvalue weighted by Crippen LogP contribution is -2.47. The Labute approximate surface area is 176 Å². The molecule has 2 aliphatic heterocycles. The molecule has 29 heavy (non-hydrogen) atoms. The van der Waals surface area contributed by atoms with E-state index in [1.807, 2.05) is 17.6 Å². The molecule has 5 nitrogen and oxygen atoms in total. The number of benzene rings is 1. The van der Waals surface area contributed by atoms with Crippen molar-refractivity contribution in [1.29, 1.82) is 0 Å². The normalized spacial score (nSPS) is 27.5. The maximum absolute atomic E-state index is 12.4. The van der Waals surface area contributed by atoms with E-state index in [2.05, 4.69) is 39.5 Å². The van der Waals surface area contributed by atoms with Crippen LogP contribution in [0.1, 0.15) is 56.6 Å². The Kier molecular flexibility index (Phi) is 5.55. The second kappa shape index (κ2) is 8.44. The zero-order valence-electron chi connectivity index (χ0n) is 16.7. The summed E-state index contributed by atoms with van der Waals surface area (Å²) in [7, 11) is 0. The van der Waals surface area contributed by atoms with E-state index in [1.165, 1.54) is 18.4 Å². The zero-order valence-corrected chi connectivity index (χ0v) is 17.5. The highest BCUT2D eigenvalue weighted by molar-refractivity contribution is 7.11. The molecular weight excluding hydrogens is 382 g/mol. The number of ether oxygens (including phenoxy) is 1. The van der Waals surface area contributed by atoms with Crippen molar-refractivity contribution in [2.45, 2.75) is 69.2 Å². The van der Waals surface area contributed by atoms with Crippen LogP contribution in [0.4, 0.5) is 0 Å². The first-order valence-electron chi connectivity index (χ1n) is 10.9. The van der Waals surface area contributed by atoms with E-state index in [1.54, 1.807) is 11.3 Å². The summed E-state index contributed by atoms with van der Waals surface area (Å²) in [4.78, 5) is 19.4. The van der Waals surface area contributed by atoms with Crippen LogP contribution in [-0.4, -0.2) is 40.5 Å². The van der Waals surface area contributed by atoms with Gasteiger partial charge in [-0.25, -0.2) is 4.98 Å². The van der Waals surface area contributed by atoms with Gasteiger partial charge in [-0.3, -0.25) is 9.69 Å². The number of nitrogens with zero attached hydrogens (tertiary/aromatic N) is 2. The van der Waals surface area contributed by atoms with Crippen molar-refractivity contribution in [2.75, 3.05) is 6.54 Å². The fraction of sp³-hybridized carbons (Fsp3) is 0.565. The van der Waals surface area contributed by atoms with E-state index in [0.717, 1.165) is 43.8 Å². The molecule has 1 aromatic carbocycles. The van der Waals surface area contributed by atoms with Crippen LogP contribution in [0.15, 0.2) is 41.9 Å². The third-order valence-electron chi connectivity index (χ3n) is 6.66. The van der Waals surface area contributed by atoms with Crippen molar-refractivity contribution in [3.05, 3.63) is 47.5 Å². The predicted molar refractivity (Wildman–Crippen MR) is 114 cm³/mol. The molecule has 3 heterocycles. The third-order valence-corrected chi connectivity index (χ3v) is 7.32. The second-order valence-electron chi connectivity index (χ2n) is 8.67. The highest BCUT2D eigenvalue weighted by Gasteiger charge is 2.42. The maximum atomic E-state index is 12.4. The maximum Gasteiger partial charge on any atom is 0.273 e. The molecule has 3 fully saturated rings. The number of carbonyl (C=O) groups excluding carboxylic acids is 1. The fourth-order valence-electron chi connectivity index (χ4n) is 5.02.